The number of nitrogens with zero attached hydrogens (tertiary/aromatic N) is 1. The molecule has 1 aromatic heterocycles. The number of hydrogen-bond acceptors (Lipinski definition) is 8. The van der Waals surface area contributed by atoms with Crippen LogP contribution in [-0.2, 0) is 9.53 Å². The third-order valence-corrected chi connectivity index (χ3v) is 7.11. The Morgan fingerprint density at radius 1 is 1.08 bits per heavy atom. The monoisotopic (exact) mass is 533 g/mol. The normalized spacial score (nSPS) is 14.0. The molecule has 1 aliphatic rings. The molecule has 0 fully saturated rings. The Kier molecular flexibility index (Phi) is 6.94. The molecule has 4 aromatic rings. The van der Waals surface area contributed by atoms with Crippen LogP contribution in [0, 0.1) is 0 Å². The highest BCUT2D eigenvalue weighted by Gasteiger charge is 2.28. The number of halogens is 1. The van der Waals surface area contributed by atoms with E-state index in [-0.39, 0.29) is 17.3 Å². The zero-order valence-electron chi connectivity index (χ0n) is 19.8. The number of rotatable bonds is 7. The number of aliphatic imine (C=N–C) groups is 1. The smallest absolute Gasteiger partial charge is 0.363 e. The first-order valence-electron chi connectivity index (χ1n) is 11.3. The van der Waals surface area contributed by atoms with E-state index in [1.54, 1.807) is 55.7 Å². The van der Waals surface area contributed by atoms with Crippen molar-refractivity contribution in [2.45, 2.75) is 6.92 Å². The van der Waals surface area contributed by atoms with Gasteiger partial charge in [-0.1, -0.05) is 35.9 Å². The number of carbonyl (C=O) groups is 2. The summed E-state index contributed by atoms with van der Waals surface area (Å²) in [7, 11) is 1.55. The lowest BCUT2D eigenvalue weighted by atomic mass is 10.1. The van der Waals surface area contributed by atoms with Crippen LogP contribution in [-0.4, -0.2) is 31.6 Å². The van der Waals surface area contributed by atoms with Gasteiger partial charge in [-0.05, 0) is 61.0 Å². The lowest BCUT2D eigenvalue weighted by Gasteiger charge is -2.11. The maximum atomic E-state index is 12.6. The Bertz CT molecular complexity index is 1570. The fourth-order valence-corrected chi connectivity index (χ4v) is 5.11. The zero-order valence-corrected chi connectivity index (χ0v) is 21.4. The summed E-state index contributed by atoms with van der Waals surface area (Å²) in [5, 5.41) is 1.37. The predicted octanol–water partition coefficient (Wildman–Crippen LogP) is 6.53. The second-order valence-corrected chi connectivity index (χ2v) is 9.26. The van der Waals surface area contributed by atoms with Gasteiger partial charge in [0.25, 0.3) is 0 Å². The zero-order chi connectivity index (χ0) is 25.9. The van der Waals surface area contributed by atoms with Gasteiger partial charge in [-0.15, -0.1) is 11.3 Å². The first kappa shape index (κ1) is 24.5. The summed E-state index contributed by atoms with van der Waals surface area (Å²) in [4.78, 5) is 30.2. The van der Waals surface area contributed by atoms with Gasteiger partial charge in [0.05, 0.1) is 24.3 Å². The van der Waals surface area contributed by atoms with E-state index in [0.717, 1.165) is 10.1 Å². The highest BCUT2D eigenvalue weighted by atomic mass is 35.5. The topological polar surface area (TPSA) is 83.4 Å². The van der Waals surface area contributed by atoms with Crippen molar-refractivity contribution in [1.82, 2.24) is 0 Å². The second kappa shape index (κ2) is 10.5. The first-order chi connectivity index (χ1) is 18.0. The molecule has 3 aromatic carbocycles. The number of methoxy groups -OCH3 is 1. The van der Waals surface area contributed by atoms with Gasteiger partial charge in [-0.2, -0.15) is 0 Å². The molecule has 0 aliphatic carbocycles. The van der Waals surface area contributed by atoms with Crippen LogP contribution in [0.5, 0.6) is 17.2 Å². The Labute approximate surface area is 221 Å². The van der Waals surface area contributed by atoms with Gasteiger partial charge in [0, 0.05) is 10.1 Å². The standard InChI is InChI=1S/C28H20ClNO6S/c1-3-34-22-15-16(8-13-21(22)35-27(31)17-9-11-18(33-2)12-10-17)14-20-28(32)36-26(30-20)25-24(29)19-6-4-5-7-23(19)37-25/h4-15H,3H2,1-2H3/b20-14+. The molecular weight excluding hydrogens is 514 g/mol. The van der Waals surface area contributed by atoms with Crippen molar-refractivity contribution in [3.05, 3.63) is 93.5 Å². The highest BCUT2D eigenvalue weighted by Crippen LogP contribution is 2.37. The van der Waals surface area contributed by atoms with Gasteiger partial charge in [0.2, 0.25) is 5.90 Å². The van der Waals surface area contributed by atoms with E-state index in [1.807, 2.05) is 31.2 Å². The Morgan fingerprint density at radius 2 is 1.86 bits per heavy atom. The van der Waals surface area contributed by atoms with E-state index >= 15 is 0 Å². The van der Waals surface area contributed by atoms with Crippen LogP contribution in [0.15, 0.2) is 77.4 Å². The molecule has 0 unspecified atom stereocenters. The molecule has 0 bridgehead atoms. The summed E-state index contributed by atoms with van der Waals surface area (Å²) in [5.74, 6) is 0.272. The number of ether oxygens (including phenoxy) is 4. The van der Waals surface area contributed by atoms with Crippen LogP contribution in [0.4, 0.5) is 0 Å². The predicted molar refractivity (Wildman–Crippen MR) is 143 cm³/mol. The number of cyclic esters (lactones) is 1. The van der Waals surface area contributed by atoms with Crippen molar-refractivity contribution < 1.29 is 28.5 Å². The third-order valence-electron chi connectivity index (χ3n) is 5.45. The minimum atomic E-state index is -0.587. The molecule has 186 valence electrons. The third kappa shape index (κ3) is 5.07. The molecule has 0 N–H and O–H groups in total. The fraction of sp³-hybridized carbons (Fsp3) is 0.107. The van der Waals surface area contributed by atoms with Crippen LogP contribution in [0.2, 0.25) is 5.02 Å². The van der Waals surface area contributed by atoms with E-state index < -0.39 is 11.9 Å². The van der Waals surface area contributed by atoms with Crippen LogP contribution in [0.25, 0.3) is 16.2 Å². The molecule has 0 saturated heterocycles. The Balaban J connectivity index is 1.41. The molecule has 0 atom stereocenters. The average Bonchev–Trinajstić information content (AvgIpc) is 3.44. The van der Waals surface area contributed by atoms with Gasteiger partial charge < -0.3 is 18.9 Å². The van der Waals surface area contributed by atoms with Crippen molar-refractivity contribution >= 4 is 56.9 Å². The Morgan fingerprint density at radius 3 is 2.59 bits per heavy atom. The van der Waals surface area contributed by atoms with Crippen LogP contribution >= 0.6 is 22.9 Å². The molecular formula is C28H20ClNO6S. The van der Waals surface area contributed by atoms with Gasteiger partial charge in [0.15, 0.2) is 17.2 Å². The molecule has 5 rings (SSSR count). The summed E-state index contributed by atoms with van der Waals surface area (Å²) in [6.45, 7) is 2.17. The molecule has 2 heterocycles. The lowest BCUT2D eigenvalue weighted by Crippen LogP contribution is -2.09. The number of carbonyl (C=O) groups excluding carboxylic acids is 2. The summed E-state index contributed by atoms with van der Waals surface area (Å²) < 4.78 is 22.8. The highest BCUT2D eigenvalue weighted by molar-refractivity contribution is 7.21. The maximum absolute atomic E-state index is 12.6. The molecule has 0 radical (unpaired) electrons. The molecule has 1 aliphatic heterocycles. The Hall–Kier alpha value is -4.14. The van der Waals surface area contributed by atoms with E-state index in [2.05, 4.69) is 4.99 Å². The lowest BCUT2D eigenvalue weighted by molar-refractivity contribution is -0.129. The SMILES string of the molecule is CCOc1cc(/C=C2/N=C(c3sc4ccccc4c3Cl)OC2=O)ccc1OC(=O)c1ccc(OC)cc1. The largest absolute Gasteiger partial charge is 0.497 e. The van der Waals surface area contributed by atoms with Crippen LogP contribution in [0.1, 0.15) is 27.7 Å². The van der Waals surface area contributed by atoms with Gasteiger partial charge in [0.1, 0.15) is 10.6 Å². The molecule has 9 heteroatoms. The van der Waals surface area contributed by atoms with Crippen molar-refractivity contribution in [2.24, 2.45) is 4.99 Å². The maximum Gasteiger partial charge on any atom is 0.363 e. The fourth-order valence-electron chi connectivity index (χ4n) is 3.67. The van der Waals surface area contributed by atoms with Gasteiger partial charge >= 0.3 is 11.9 Å². The summed E-state index contributed by atoms with van der Waals surface area (Å²) >= 11 is 7.93. The number of hydrogen-bond donors (Lipinski definition) is 0. The van der Waals surface area contributed by atoms with Crippen molar-refractivity contribution in [1.29, 1.82) is 0 Å². The minimum Gasteiger partial charge on any atom is -0.497 e. The van der Waals surface area contributed by atoms with E-state index in [4.69, 9.17) is 30.5 Å². The average molecular weight is 534 g/mol. The second-order valence-electron chi connectivity index (χ2n) is 7.83. The van der Waals surface area contributed by atoms with E-state index in [9.17, 15) is 9.59 Å². The molecule has 0 spiro atoms. The van der Waals surface area contributed by atoms with Crippen molar-refractivity contribution in [3.63, 3.8) is 0 Å². The van der Waals surface area contributed by atoms with E-state index in [0.29, 0.717) is 39.1 Å². The summed E-state index contributed by atoms with van der Waals surface area (Å²) in [6, 6.07) is 19.2. The van der Waals surface area contributed by atoms with Gasteiger partial charge in [-0.3, -0.25) is 0 Å². The molecule has 0 amide bonds. The molecule has 7 nitrogen and oxygen atoms in total. The van der Waals surface area contributed by atoms with Crippen LogP contribution < -0.4 is 14.2 Å². The molecule has 0 saturated carbocycles. The number of fused-ring (bicyclic) bond motifs is 1. The van der Waals surface area contributed by atoms with Crippen molar-refractivity contribution in [3.8, 4) is 17.2 Å². The van der Waals surface area contributed by atoms with Crippen molar-refractivity contribution in [2.75, 3.05) is 13.7 Å². The van der Waals surface area contributed by atoms with Crippen LogP contribution in [0.3, 0.4) is 0 Å². The minimum absolute atomic E-state index is 0.119. The molecule has 37 heavy (non-hydrogen) atoms. The van der Waals surface area contributed by atoms with Gasteiger partial charge in [-0.25, -0.2) is 14.6 Å². The summed E-state index contributed by atoms with van der Waals surface area (Å²) in [5.41, 5.74) is 1.10. The summed E-state index contributed by atoms with van der Waals surface area (Å²) in [6.07, 6.45) is 1.58. The number of esters is 2. The first-order valence-corrected chi connectivity index (χ1v) is 12.5. The number of thiophene rings is 1. The quantitative estimate of drug-likeness (QED) is 0.153. The number of benzene rings is 3. The van der Waals surface area contributed by atoms with E-state index in [1.165, 1.54) is 11.3 Å².